The number of rotatable bonds is 2. The van der Waals surface area contributed by atoms with Crippen molar-refractivity contribution in [2.45, 2.75) is 40.5 Å². The Morgan fingerprint density at radius 2 is 1.17 bits per heavy atom. The van der Waals surface area contributed by atoms with E-state index in [1.165, 1.54) is 35.1 Å². The molecule has 2 aromatic carbocycles. The Morgan fingerprint density at radius 3 is 1.56 bits per heavy atom. The fourth-order valence-electron chi connectivity index (χ4n) is 2.14. The maximum Gasteiger partial charge on any atom is -0.0281 e. The second-order valence-electron chi connectivity index (χ2n) is 4.90. The molecule has 2 rings (SSSR count). The average Bonchev–Trinajstić information content (AvgIpc) is 2.29. The molecule has 0 aliphatic heterocycles. The molecule has 0 heteroatoms. The molecular weight excluding hydrogens is 216 g/mol. The van der Waals surface area contributed by atoms with E-state index < -0.39 is 0 Å². The Hall–Kier alpha value is -1.56. The van der Waals surface area contributed by atoms with Crippen LogP contribution in [0.3, 0.4) is 0 Å². The molecule has 0 unspecified atom stereocenters. The zero-order chi connectivity index (χ0) is 13.4. The van der Waals surface area contributed by atoms with Crippen molar-refractivity contribution < 1.29 is 0 Å². The van der Waals surface area contributed by atoms with E-state index in [1.54, 1.807) is 0 Å². The second kappa shape index (κ2) is 7.71. The summed E-state index contributed by atoms with van der Waals surface area (Å²) >= 11 is 0. The molecule has 0 aromatic heterocycles. The van der Waals surface area contributed by atoms with E-state index in [0.717, 1.165) is 0 Å². The van der Waals surface area contributed by atoms with Crippen LogP contribution in [0, 0.1) is 20.8 Å². The van der Waals surface area contributed by atoms with Crippen LogP contribution < -0.4 is 0 Å². The second-order valence-corrected chi connectivity index (χ2v) is 4.90. The number of benzene rings is 2. The molecule has 0 bridgehead atoms. The van der Waals surface area contributed by atoms with Crippen molar-refractivity contribution in [1.29, 1.82) is 0 Å². The minimum Gasteiger partial charge on any atom is -0.0651 e. The first kappa shape index (κ1) is 14.5. The summed E-state index contributed by atoms with van der Waals surface area (Å²) in [6.45, 7) is 8.58. The summed E-state index contributed by atoms with van der Waals surface area (Å²) in [7, 11) is 0. The van der Waals surface area contributed by atoms with Crippen LogP contribution in [0.15, 0.2) is 48.5 Å². The highest BCUT2D eigenvalue weighted by atomic mass is 13.9. The van der Waals surface area contributed by atoms with Gasteiger partial charge in [0.25, 0.3) is 0 Å². The first-order valence-corrected chi connectivity index (χ1v) is 6.70. The summed E-state index contributed by atoms with van der Waals surface area (Å²) in [4.78, 5) is 0. The van der Waals surface area contributed by atoms with E-state index >= 15 is 0 Å². The van der Waals surface area contributed by atoms with Crippen molar-refractivity contribution in [3.63, 3.8) is 0 Å². The van der Waals surface area contributed by atoms with Crippen molar-refractivity contribution >= 4 is 0 Å². The number of aryl methyl sites for hydroxylation is 4. The van der Waals surface area contributed by atoms with Crippen LogP contribution >= 0.6 is 0 Å². The van der Waals surface area contributed by atoms with Gasteiger partial charge in [0.15, 0.2) is 0 Å². The van der Waals surface area contributed by atoms with Gasteiger partial charge in [0, 0.05) is 0 Å². The van der Waals surface area contributed by atoms with Gasteiger partial charge in [-0.15, -0.1) is 0 Å². The van der Waals surface area contributed by atoms with Crippen molar-refractivity contribution in [2.24, 2.45) is 0 Å². The Morgan fingerprint density at radius 1 is 0.722 bits per heavy atom. The monoisotopic (exact) mass is 240 g/mol. The topological polar surface area (TPSA) is 0 Å². The Bertz CT molecular complexity index is 404. The van der Waals surface area contributed by atoms with E-state index in [1.807, 2.05) is 0 Å². The molecule has 0 amide bonds. The molecule has 0 heterocycles. The molecule has 96 valence electrons. The molecule has 0 spiro atoms. The lowest BCUT2D eigenvalue weighted by Crippen LogP contribution is -1.78. The molecule has 0 atom stereocenters. The summed E-state index contributed by atoms with van der Waals surface area (Å²) in [5.41, 5.74) is 5.51. The molecule has 2 aromatic rings. The maximum atomic E-state index is 2.20. The minimum atomic E-state index is 1.21. The summed E-state index contributed by atoms with van der Waals surface area (Å²) in [5.74, 6) is 0. The highest BCUT2D eigenvalue weighted by Gasteiger charge is 1.87. The van der Waals surface area contributed by atoms with Crippen LogP contribution in [0.25, 0.3) is 0 Å². The van der Waals surface area contributed by atoms with Gasteiger partial charge in [0.05, 0.1) is 0 Å². The zero-order valence-electron chi connectivity index (χ0n) is 12.0. The number of hydrogen-bond donors (Lipinski definition) is 0. The molecule has 0 radical (unpaired) electrons. The fraction of sp³-hybridized carbons (Fsp3) is 0.333. The van der Waals surface area contributed by atoms with Crippen molar-refractivity contribution in [2.75, 3.05) is 0 Å². The molecule has 0 fully saturated rings. The van der Waals surface area contributed by atoms with E-state index in [9.17, 15) is 0 Å². The van der Waals surface area contributed by atoms with E-state index in [-0.39, 0.29) is 0 Å². The van der Waals surface area contributed by atoms with Crippen LogP contribution in [0.1, 0.15) is 35.6 Å². The zero-order valence-corrected chi connectivity index (χ0v) is 12.0. The lowest BCUT2D eigenvalue weighted by molar-refractivity contribution is 0.922. The molecule has 0 aliphatic rings. The van der Waals surface area contributed by atoms with Crippen LogP contribution in [0.2, 0.25) is 0 Å². The first-order chi connectivity index (χ1) is 8.61. The minimum absolute atomic E-state index is 1.21. The fourth-order valence-corrected chi connectivity index (χ4v) is 2.14. The largest absolute Gasteiger partial charge is 0.0651 e. The highest BCUT2D eigenvalue weighted by Crippen LogP contribution is 2.06. The Labute approximate surface area is 112 Å². The third-order valence-corrected chi connectivity index (χ3v) is 2.75. The van der Waals surface area contributed by atoms with Gasteiger partial charge in [-0.1, -0.05) is 78.6 Å². The molecule has 0 saturated carbocycles. The lowest BCUT2D eigenvalue weighted by Gasteiger charge is -1.96. The summed E-state index contributed by atoms with van der Waals surface area (Å²) in [6.07, 6.45) is 2.45. The summed E-state index contributed by atoms with van der Waals surface area (Å²) in [6, 6.07) is 17.1. The predicted octanol–water partition coefficient (Wildman–Crippen LogP) is 5.25. The Balaban J connectivity index is 0.000000180. The molecular formula is C18H24. The SMILES string of the molecule is CCCc1ccccc1.Cc1cc(C)cc(C)c1. The molecule has 0 N–H and O–H groups in total. The van der Waals surface area contributed by atoms with Crippen LogP contribution in [0.4, 0.5) is 0 Å². The van der Waals surface area contributed by atoms with Gasteiger partial charge in [0.1, 0.15) is 0 Å². The highest BCUT2D eigenvalue weighted by molar-refractivity contribution is 5.27. The van der Waals surface area contributed by atoms with Gasteiger partial charge in [0.2, 0.25) is 0 Å². The summed E-state index contributed by atoms with van der Waals surface area (Å²) < 4.78 is 0. The van der Waals surface area contributed by atoms with Crippen molar-refractivity contribution in [1.82, 2.24) is 0 Å². The normalized spacial score (nSPS) is 9.56. The quantitative estimate of drug-likeness (QED) is 0.672. The van der Waals surface area contributed by atoms with Gasteiger partial charge in [-0.3, -0.25) is 0 Å². The maximum absolute atomic E-state index is 2.20. The standard InChI is InChI=1S/2C9H12/c1-7-4-8(2)6-9(3)5-7;1-2-6-9-7-4-3-5-8-9/h4-6H,1-3H3;3-5,7-8H,2,6H2,1H3. The summed E-state index contributed by atoms with van der Waals surface area (Å²) in [5, 5.41) is 0. The van der Waals surface area contributed by atoms with Crippen LogP contribution in [0.5, 0.6) is 0 Å². The van der Waals surface area contributed by atoms with Gasteiger partial charge >= 0.3 is 0 Å². The van der Waals surface area contributed by atoms with Crippen molar-refractivity contribution in [3.05, 3.63) is 70.8 Å². The smallest absolute Gasteiger partial charge is 0.0281 e. The van der Waals surface area contributed by atoms with Gasteiger partial charge in [-0.25, -0.2) is 0 Å². The lowest BCUT2D eigenvalue weighted by atomic mass is 10.1. The number of hydrogen-bond acceptors (Lipinski definition) is 0. The van der Waals surface area contributed by atoms with E-state index in [4.69, 9.17) is 0 Å². The van der Waals surface area contributed by atoms with Gasteiger partial charge in [-0.05, 0) is 32.8 Å². The molecule has 0 nitrogen and oxygen atoms in total. The third-order valence-electron chi connectivity index (χ3n) is 2.75. The third kappa shape index (κ3) is 5.67. The molecule has 0 aliphatic carbocycles. The van der Waals surface area contributed by atoms with E-state index in [2.05, 4.69) is 76.2 Å². The average molecular weight is 240 g/mol. The van der Waals surface area contributed by atoms with Crippen molar-refractivity contribution in [3.8, 4) is 0 Å². The van der Waals surface area contributed by atoms with Gasteiger partial charge in [-0.2, -0.15) is 0 Å². The van der Waals surface area contributed by atoms with Crippen LogP contribution in [-0.2, 0) is 6.42 Å². The first-order valence-electron chi connectivity index (χ1n) is 6.70. The van der Waals surface area contributed by atoms with E-state index in [0.29, 0.717) is 0 Å². The van der Waals surface area contributed by atoms with Crippen LogP contribution in [-0.4, -0.2) is 0 Å². The molecule has 0 saturated heterocycles. The van der Waals surface area contributed by atoms with Gasteiger partial charge < -0.3 is 0 Å². The molecule has 18 heavy (non-hydrogen) atoms. The Kier molecular flexibility index (Phi) is 6.21. The predicted molar refractivity (Wildman–Crippen MR) is 81.1 cm³/mol.